The van der Waals surface area contributed by atoms with Crippen molar-refractivity contribution in [2.75, 3.05) is 12.0 Å². The van der Waals surface area contributed by atoms with Gasteiger partial charge in [0, 0.05) is 17.7 Å². The Morgan fingerprint density at radius 3 is 2.52 bits per heavy atom. The molecule has 0 radical (unpaired) electrons. The molecule has 1 aliphatic heterocycles. The smallest absolute Gasteiger partial charge is 0.270 e. The Kier molecular flexibility index (Phi) is 5.04. The van der Waals surface area contributed by atoms with Gasteiger partial charge in [-0.05, 0) is 35.0 Å². The molecule has 3 aromatic rings. The van der Waals surface area contributed by atoms with Crippen molar-refractivity contribution < 1.29 is 14.5 Å². The Morgan fingerprint density at radius 1 is 1.10 bits per heavy atom. The summed E-state index contributed by atoms with van der Waals surface area (Å²) in [6.45, 7) is 0. The Balaban J connectivity index is 1.75. The van der Waals surface area contributed by atoms with E-state index in [1.165, 1.54) is 40.9 Å². The molecule has 0 spiro atoms. The van der Waals surface area contributed by atoms with Crippen molar-refractivity contribution in [1.82, 2.24) is 0 Å². The summed E-state index contributed by atoms with van der Waals surface area (Å²) >= 11 is 6.59. The maximum Gasteiger partial charge on any atom is 0.270 e. The summed E-state index contributed by atoms with van der Waals surface area (Å²) in [6.07, 6.45) is 1.78. The molecular weight excluding hydrogens is 408 g/mol. The summed E-state index contributed by atoms with van der Waals surface area (Å²) in [6, 6.07) is 17.4. The van der Waals surface area contributed by atoms with Gasteiger partial charge in [-0.1, -0.05) is 54.3 Å². The zero-order chi connectivity index (χ0) is 20.5. The molecule has 1 saturated heterocycles. The van der Waals surface area contributed by atoms with Gasteiger partial charge in [-0.25, -0.2) is 0 Å². The van der Waals surface area contributed by atoms with Gasteiger partial charge in [0.25, 0.3) is 11.6 Å². The number of nitro groups is 1. The minimum absolute atomic E-state index is 0.0461. The first-order valence-corrected chi connectivity index (χ1v) is 9.80. The largest absolute Gasteiger partial charge is 0.496 e. The van der Waals surface area contributed by atoms with Crippen LogP contribution in [0.3, 0.4) is 0 Å². The van der Waals surface area contributed by atoms with Gasteiger partial charge < -0.3 is 4.74 Å². The third-order valence-electron chi connectivity index (χ3n) is 4.54. The Morgan fingerprint density at radius 2 is 1.83 bits per heavy atom. The Bertz CT molecular complexity index is 1190. The lowest BCUT2D eigenvalue weighted by molar-refractivity contribution is -0.384. The lowest BCUT2D eigenvalue weighted by Gasteiger charge is -2.14. The highest BCUT2D eigenvalue weighted by molar-refractivity contribution is 8.27. The van der Waals surface area contributed by atoms with Crippen LogP contribution in [-0.4, -0.2) is 22.3 Å². The van der Waals surface area contributed by atoms with Crippen molar-refractivity contribution in [1.29, 1.82) is 0 Å². The Hall–Kier alpha value is -3.23. The van der Waals surface area contributed by atoms with Crippen molar-refractivity contribution in [2.45, 2.75) is 0 Å². The summed E-state index contributed by atoms with van der Waals surface area (Å²) in [5, 5.41) is 12.9. The fraction of sp³-hybridized carbons (Fsp3) is 0.0476. The molecule has 3 aromatic carbocycles. The molecule has 8 heteroatoms. The SMILES string of the molecule is COc1ccc2ccccc2c1/C=C1\SC(=S)N(c2ccc([N+](=O)[O-])cc2)C1=O. The maximum atomic E-state index is 13.0. The highest BCUT2D eigenvalue weighted by Crippen LogP contribution is 2.39. The van der Waals surface area contributed by atoms with Crippen LogP contribution in [0.25, 0.3) is 16.8 Å². The molecule has 1 aliphatic rings. The highest BCUT2D eigenvalue weighted by Gasteiger charge is 2.33. The van der Waals surface area contributed by atoms with Gasteiger partial charge in [-0.15, -0.1) is 0 Å². The number of anilines is 1. The van der Waals surface area contributed by atoms with Gasteiger partial charge in [-0.2, -0.15) is 0 Å². The van der Waals surface area contributed by atoms with Gasteiger partial charge in [0.15, 0.2) is 4.32 Å². The molecule has 0 atom stereocenters. The van der Waals surface area contributed by atoms with Crippen LogP contribution < -0.4 is 9.64 Å². The Labute approximate surface area is 175 Å². The molecule has 6 nitrogen and oxygen atoms in total. The van der Waals surface area contributed by atoms with Crippen LogP contribution in [0.5, 0.6) is 5.75 Å². The van der Waals surface area contributed by atoms with E-state index in [-0.39, 0.29) is 11.6 Å². The molecule has 4 rings (SSSR count). The number of fused-ring (bicyclic) bond motifs is 1. The number of non-ortho nitro benzene ring substituents is 1. The number of amides is 1. The van der Waals surface area contributed by atoms with Crippen molar-refractivity contribution in [2.24, 2.45) is 0 Å². The monoisotopic (exact) mass is 422 g/mol. The molecule has 1 amide bonds. The number of rotatable bonds is 4. The van der Waals surface area contributed by atoms with E-state index in [0.29, 0.717) is 20.7 Å². The quantitative estimate of drug-likeness (QED) is 0.250. The van der Waals surface area contributed by atoms with Crippen LogP contribution in [-0.2, 0) is 4.79 Å². The number of hydrogen-bond acceptors (Lipinski definition) is 6. The second-order valence-electron chi connectivity index (χ2n) is 6.19. The molecule has 0 bridgehead atoms. The second kappa shape index (κ2) is 7.65. The van der Waals surface area contributed by atoms with Crippen LogP contribution in [0.15, 0.2) is 65.6 Å². The van der Waals surface area contributed by atoms with E-state index in [1.54, 1.807) is 13.2 Å². The van der Waals surface area contributed by atoms with Crippen molar-refractivity contribution in [3.05, 3.63) is 81.2 Å². The highest BCUT2D eigenvalue weighted by atomic mass is 32.2. The van der Waals surface area contributed by atoms with Crippen LogP contribution in [0.2, 0.25) is 0 Å². The molecule has 144 valence electrons. The molecule has 0 aliphatic carbocycles. The van der Waals surface area contributed by atoms with Crippen LogP contribution >= 0.6 is 24.0 Å². The van der Waals surface area contributed by atoms with Crippen molar-refractivity contribution in [3.63, 3.8) is 0 Å². The van der Waals surface area contributed by atoms with Crippen LogP contribution in [0.4, 0.5) is 11.4 Å². The number of thiocarbonyl (C=S) groups is 1. The van der Waals surface area contributed by atoms with Gasteiger partial charge in [0.2, 0.25) is 0 Å². The lowest BCUT2D eigenvalue weighted by atomic mass is 10.0. The zero-order valence-corrected chi connectivity index (χ0v) is 16.8. The number of nitrogens with zero attached hydrogens (tertiary/aromatic N) is 2. The number of carbonyl (C=O) groups is 1. The number of carbonyl (C=O) groups excluding carboxylic acids is 1. The summed E-state index contributed by atoms with van der Waals surface area (Å²) in [4.78, 5) is 25.3. The maximum absolute atomic E-state index is 13.0. The number of thioether (sulfide) groups is 1. The van der Waals surface area contributed by atoms with Gasteiger partial charge in [0.1, 0.15) is 5.75 Å². The fourth-order valence-corrected chi connectivity index (χ4v) is 4.43. The number of nitro benzene ring substituents is 1. The first-order chi connectivity index (χ1) is 14.0. The number of hydrogen-bond donors (Lipinski definition) is 0. The normalized spacial score (nSPS) is 15.3. The molecule has 1 heterocycles. The predicted octanol–water partition coefficient (Wildman–Crippen LogP) is 5.16. The third kappa shape index (κ3) is 3.48. The molecular formula is C21H14N2O4S2. The summed E-state index contributed by atoms with van der Waals surface area (Å²) < 4.78 is 5.87. The second-order valence-corrected chi connectivity index (χ2v) is 7.87. The average Bonchev–Trinajstić information content (AvgIpc) is 3.01. The van der Waals surface area contributed by atoms with Crippen molar-refractivity contribution in [3.8, 4) is 5.75 Å². The van der Waals surface area contributed by atoms with E-state index >= 15 is 0 Å². The molecule has 0 aromatic heterocycles. The fourth-order valence-electron chi connectivity index (χ4n) is 3.15. The van der Waals surface area contributed by atoms with E-state index in [2.05, 4.69) is 0 Å². The molecule has 0 unspecified atom stereocenters. The van der Waals surface area contributed by atoms with Gasteiger partial charge in [-0.3, -0.25) is 19.8 Å². The molecule has 1 fully saturated rings. The van der Waals surface area contributed by atoms with Gasteiger partial charge in [0.05, 0.1) is 22.6 Å². The first kappa shape index (κ1) is 19.1. The minimum atomic E-state index is -0.485. The van der Waals surface area contributed by atoms with E-state index < -0.39 is 4.92 Å². The topological polar surface area (TPSA) is 72.7 Å². The van der Waals surface area contributed by atoms with Gasteiger partial charge >= 0.3 is 0 Å². The average molecular weight is 422 g/mol. The molecule has 0 saturated carbocycles. The summed E-state index contributed by atoms with van der Waals surface area (Å²) in [7, 11) is 1.59. The van der Waals surface area contributed by atoms with Crippen molar-refractivity contribution >= 4 is 62.4 Å². The molecule has 0 N–H and O–H groups in total. The first-order valence-electron chi connectivity index (χ1n) is 8.58. The van der Waals surface area contributed by atoms with E-state index in [0.717, 1.165) is 16.3 Å². The number of ether oxygens (including phenoxy) is 1. The standard InChI is InChI=1S/C21H14N2O4S2/c1-27-18-11-6-13-4-2-3-5-16(13)17(18)12-19-20(24)22(21(28)29-19)14-7-9-15(10-8-14)23(25)26/h2-12H,1H3/b19-12-. The summed E-state index contributed by atoms with van der Waals surface area (Å²) in [5.41, 5.74) is 1.25. The zero-order valence-electron chi connectivity index (χ0n) is 15.2. The van der Waals surface area contributed by atoms with E-state index in [4.69, 9.17) is 17.0 Å². The van der Waals surface area contributed by atoms with Crippen LogP contribution in [0, 0.1) is 10.1 Å². The van der Waals surface area contributed by atoms with E-state index in [1.807, 2.05) is 36.4 Å². The minimum Gasteiger partial charge on any atom is -0.496 e. The van der Waals surface area contributed by atoms with E-state index in [9.17, 15) is 14.9 Å². The third-order valence-corrected chi connectivity index (χ3v) is 5.84. The number of methoxy groups -OCH3 is 1. The summed E-state index contributed by atoms with van der Waals surface area (Å²) in [5.74, 6) is 0.383. The molecule has 29 heavy (non-hydrogen) atoms. The number of benzene rings is 3. The van der Waals surface area contributed by atoms with Crippen LogP contribution in [0.1, 0.15) is 5.56 Å². The lowest BCUT2D eigenvalue weighted by Crippen LogP contribution is -2.27. The predicted molar refractivity (Wildman–Crippen MR) is 119 cm³/mol.